The van der Waals surface area contributed by atoms with Gasteiger partial charge in [0.15, 0.2) is 0 Å². The number of hydrogen-bond donors (Lipinski definition) is 1. The van der Waals surface area contributed by atoms with Gasteiger partial charge in [-0.25, -0.2) is 15.0 Å². The van der Waals surface area contributed by atoms with Crippen molar-refractivity contribution >= 4 is 11.6 Å². The number of anilines is 1. The lowest BCUT2D eigenvalue weighted by Crippen LogP contribution is -2.11. The number of nitrogens with one attached hydrogen (secondary N) is 1. The van der Waals surface area contributed by atoms with Crippen LogP contribution in [0.15, 0.2) is 67.3 Å². The minimum atomic E-state index is -0.192. The van der Waals surface area contributed by atoms with Crippen LogP contribution >= 0.6 is 0 Å². The van der Waals surface area contributed by atoms with E-state index in [2.05, 4.69) is 27.2 Å². The monoisotopic (exact) mass is 471 g/mol. The van der Waals surface area contributed by atoms with Gasteiger partial charge in [-0.3, -0.25) is 9.36 Å². The van der Waals surface area contributed by atoms with E-state index < -0.39 is 0 Å². The van der Waals surface area contributed by atoms with Crippen molar-refractivity contribution in [2.24, 2.45) is 0 Å². The van der Waals surface area contributed by atoms with Gasteiger partial charge >= 0.3 is 0 Å². The van der Waals surface area contributed by atoms with Crippen molar-refractivity contribution in [1.29, 1.82) is 0 Å². The number of amides is 1. The van der Waals surface area contributed by atoms with E-state index in [-0.39, 0.29) is 5.91 Å². The number of imidazole rings is 1. The van der Waals surface area contributed by atoms with Crippen molar-refractivity contribution < 1.29 is 14.3 Å². The van der Waals surface area contributed by atoms with Crippen molar-refractivity contribution in [3.05, 3.63) is 84.2 Å². The molecule has 35 heavy (non-hydrogen) atoms. The zero-order valence-corrected chi connectivity index (χ0v) is 20.2. The Kier molecular flexibility index (Phi) is 7.72. The molecule has 0 bridgehead atoms. The summed E-state index contributed by atoms with van der Waals surface area (Å²) in [7, 11) is 0. The molecule has 4 rings (SSSR count). The van der Waals surface area contributed by atoms with Crippen molar-refractivity contribution in [3.8, 4) is 23.2 Å². The molecule has 2 aromatic heterocycles. The van der Waals surface area contributed by atoms with Gasteiger partial charge in [-0.15, -0.1) is 0 Å². The number of nitrogens with zero attached hydrogens (tertiary/aromatic N) is 4. The lowest BCUT2D eigenvalue weighted by Gasteiger charge is -2.10. The second-order valence-electron chi connectivity index (χ2n) is 8.16. The Bertz CT molecular complexity index is 1270. The van der Waals surface area contributed by atoms with E-state index in [1.807, 2.05) is 30.5 Å². The zero-order valence-electron chi connectivity index (χ0n) is 20.2. The number of carbonyl (C=O) groups excluding carboxylic acids is 1. The second kappa shape index (κ2) is 11.3. The molecule has 0 unspecified atom stereocenters. The topological polar surface area (TPSA) is 91.2 Å². The van der Waals surface area contributed by atoms with Gasteiger partial charge in [-0.2, -0.15) is 0 Å². The summed E-state index contributed by atoms with van der Waals surface area (Å²) in [5, 5.41) is 2.90. The molecular weight excluding hydrogens is 442 g/mol. The van der Waals surface area contributed by atoms with Crippen LogP contribution in [0.2, 0.25) is 0 Å². The number of rotatable bonds is 10. The van der Waals surface area contributed by atoms with Crippen LogP contribution in [-0.2, 0) is 0 Å². The predicted octanol–water partition coefficient (Wildman–Crippen LogP) is 5.89. The molecule has 0 aliphatic rings. The molecule has 0 saturated heterocycles. The van der Waals surface area contributed by atoms with Crippen molar-refractivity contribution in [2.75, 3.05) is 11.9 Å². The molecule has 180 valence electrons. The highest BCUT2D eigenvalue weighted by Crippen LogP contribution is 2.23. The van der Waals surface area contributed by atoms with E-state index in [0.717, 1.165) is 36.4 Å². The van der Waals surface area contributed by atoms with Gasteiger partial charge in [-0.1, -0.05) is 19.8 Å². The molecule has 0 atom stereocenters. The van der Waals surface area contributed by atoms with Gasteiger partial charge in [0.1, 0.15) is 30.0 Å². The molecule has 2 aromatic carbocycles. The van der Waals surface area contributed by atoms with E-state index in [9.17, 15) is 4.79 Å². The maximum atomic E-state index is 12.6. The minimum Gasteiger partial charge on any atom is -0.494 e. The van der Waals surface area contributed by atoms with E-state index in [0.29, 0.717) is 35.3 Å². The number of hydrogen-bond acceptors (Lipinski definition) is 6. The van der Waals surface area contributed by atoms with Crippen molar-refractivity contribution in [2.45, 2.75) is 40.0 Å². The average molecular weight is 472 g/mol. The normalized spacial score (nSPS) is 10.7. The molecule has 2 heterocycles. The Morgan fingerprint density at radius 3 is 2.37 bits per heavy atom. The van der Waals surface area contributed by atoms with Crippen LogP contribution in [0.5, 0.6) is 17.4 Å². The maximum absolute atomic E-state index is 12.6. The summed E-state index contributed by atoms with van der Waals surface area (Å²) in [5.74, 6) is 2.26. The highest BCUT2D eigenvalue weighted by molar-refractivity contribution is 6.04. The second-order valence-corrected chi connectivity index (χ2v) is 8.16. The molecular formula is C27H29N5O3. The van der Waals surface area contributed by atoms with E-state index >= 15 is 0 Å². The number of benzene rings is 2. The van der Waals surface area contributed by atoms with Crippen LogP contribution in [0, 0.1) is 13.8 Å². The Labute approximate surface area is 205 Å². The molecule has 1 amide bonds. The molecule has 0 spiro atoms. The van der Waals surface area contributed by atoms with E-state index in [1.54, 1.807) is 48.8 Å². The number of ether oxygens (including phenoxy) is 2. The first-order chi connectivity index (χ1) is 17.0. The van der Waals surface area contributed by atoms with Gasteiger partial charge in [0.2, 0.25) is 5.88 Å². The number of aryl methyl sites for hydroxylation is 1. The van der Waals surface area contributed by atoms with Gasteiger partial charge < -0.3 is 14.8 Å². The lowest BCUT2D eigenvalue weighted by molar-refractivity contribution is 0.102. The molecule has 0 saturated carbocycles. The molecule has 0 fully saturated rings. The standard InChI is InChI=1S/C27H29N5O3/c1-4-5-6-15-34-23-11-7-21(8-12-23)27(33)31-22-9-13-24(14-10-22)35-26-16-25(28-17-29-26)32-18-30-19(2)20(32)3/h7-14,16-18H,4-6,15H2,1-3H3,(H,31,33). The molecule has 8 heteroatoms. The molecule has 0 aliphatic heterocycles. The highest BCUT2D eigenvalue weighted by Gasteiger charge is 2.09. The zero-order chi connectivity index (χ0) is 24.6. The third kappa shape index (κ3) is 6.23. The molecule has 0 aliphatic carbocycles. The maximum Gasteiger partial charge on any atom is 0.255 e. The van der Waals surface area contributed by atoms with E-state index in [1.165, 1.54) is 6.33 Å². The predicted molar refractivity (Wildman–Crippen MR) is 135 cm³/mol. The average Bonchev–Trinajstić information content (AvgIpc) is 3.21. The summed E-state index contributed by atoms with van der Waals surface area (Å²) in [6.07, 6.45) is 6.51. The first-order valence-electron chi connectivity index (χ1n) is 11.7. The lowest BCUT2D eigenvalue weighted by atomic mass is 10.2. The smallest absolute Gasteiger partial charge is 0.255 e. The Morgan fingerprint density at radius 1 is 0.943 bits per heavy atom. The molecule has 0 radical (unpaired) electrons. The Morgan fingerprint density at radius 2 is 1.69 bits per heavy atom. The third-order valence-corrected chi connectivity index (χ3v) is 5.59. The van der Waals surface area contributed by atoms with Crippen LogP contribution in [0.4, 0.5) is 5.69 Å². The first kappa shape index (κ1) is 23.9. The van der Waals surface area contributed by atoms with Crippen LogP contribution in [0.3, 0.4) is 0 Å². The summed E-state index contributed by atoms with van der Waals surface area (Å²) >= 11 is 0. The minimum absolute atomic E-state index is 0.192. The van der Waals surface area contributed by atoms with E-state index in [4.69, 9.17) is 9.47 Å². The third-order valence-electron chi connectivity index (χ3n) is 5.59. The summed E-state index contributed by atoms with van der Waals surface area (Å²) in [4.78, 5) is 25.4. The largest absolute Gasteiger partial charge is 0.494 e. The van der Waals surface area contributed by atoms with Crippen LogP contribution in [0.25, 0.3) is 5.82 Å². The highest BCUT2D eigenvalue weighted by atomic mass is 16.5. The summed E-state index contributed by atoms with van der Waals surface area (Å²) in [6, 6.07) is 16.0. The van der Waals surface area contributed by atoms with Crippen LogP contribution in [-0.4, -0.2) is 32.0 Å². The fraction of sp³-hybridized carbons (Fsp3) is 0.259. The Balaban J connectivity index is 1.34. The fourth-order valence-corrected chi connectivity index (χ4v) is 3.42. The fourth-order valence-electron chi connectivity index (χ4n) is 3.42. The summed E-state index contributed by atoms with van der Waals surface area (Å²) in [6.45, 7) is 6.78. The van der Waals surface area contributed by atoms with Gasteiger partial charge in [-0.05, 0) is 68.8 Å². The molecule has 1 N–H and O–H groups in total. The van der Waals surface area contributed by atoms with Gasteiger partial charge in [0.05, 0.1) is 12.3 Å². The van der Waals surface area contributed by atoms with Crippen molar-refractivity contribution in [1.82, 2.24) is 19.5 Å². The number of unbranched alkanes of at least 4 members (excludes halogenated alkanes) is 2. The number of carbonyl (C=O) groups is 1. The van der Waals surface area contributed by atoms with Crippen LogP contribution < -0.4 is 14.8 Å². The first-order valence-corrected chi connectivity index (χ1v) is 11.7. The van der Waals surface area contributed by atoms with Gasteiger partial charge in [0, 0.05) is 23.0 Å². The Hall–Kier alpha value is -4.20. The van der Waals surface area contributed by atoms with Crippen molar-refractivity contribution in [3.63, 3.8) is 0 Å². The SMILES string of the molecule is CCCCCOc1ccc(C(=O)Nc2ccc(Oc3cc(-n4cnc(C)c4C)ncn3)cc2)cc1. The quantitative estimate of drug-likeness (QED) is 0.290. The summed E-state index contributed by atoms with van der Waals surface area (Å²) < 4.78 is 13.5. The molecule has 4 aromatic rings. The number of aromatic nitrogens is 4. The molecule has 8 nitrogen and oxygen atoms in total. The van der Waals surface area contributed by atoms with Gasteiger partial charge in [0.25, 0.3) is 5.91 Å². The summed E-state index contributed by atoms with van der Waals surface area (Å²) in [5.41, 5.74) is 3.17. The van der Waals surface area contributed by atoms with Crippen LogP contribution in [0.1, 0.15) is 47.9 Å².